The molecule has 1 aliphatic carbocycles. The molecule has 162 valence electrons. The summed E-state index contributed by atoms with van der Waals surface area (Å²) in [5.41, 5.74) is -0.815. The summed E-state index contributed by atoms with van der Waals surface area (Å²) in [6.07, 6.45) is 4.57. The van der Waals surface area contributed by atoms with E-state index in [0.717, 1.165) is 13.1 Å². The molecular formula is C21H28Br2O5S. The van der Waals surface area contributed by atoms with Crippen LogP contribution in [0, 0.1) is 11.8 Å². The van der Waals surface area contributed by atoms with Crippen molar-refractivity contribution in [2.45, 2.75) is 70.0 Å². The van der Waals surface area contributed by atoms with E-state index in [1.165, 1.54) is 11.3 Å². The maximum Gasteiger partial charge on any atom is 0.306 e. The molecule has 8 heteroatoms. The highest BCUT2D eigenvalue weighted by Crippen LogP contribution is 2.46. The number of hydrogen-bond donors (Lipinski definition) is 3. The van der Waals surface area contributed by atoms with Crippen LogP contribution in [0.5, 0.6) is 0 Å². The minimum absolute atomic E-state index is 0.0897. The van der Waals surface area contributed by atoms with Crippen LogP contribution in [-0.4, -0.2) is 38.8 Å². The molecule has 0 spiro atoms. The van der Waals surface area contributed by atoms with Gasteiger partial charge in [0.2, 0.25) is 0 Å². The van der Waals surface area contributed by atoms with Crippen LogP contribution in [0.1, 0.15) is 63.9 Å². The van der Waals surface area contributed by atoms with Gasteiger partial charge in [-0.25, -0.2) is 0 Å². The van der Waals surface area contributed by atoms with Crippen LogP contribution in [0.25, 0.3) is 0 Å². The fourth-order valence-corrected chi connectivity index (χ4v) is 7.39. The molecule has 1 aromatic heterocycles. The fraction of sp³-hybridized carbons (Fsp3) is 0.619. The Kier molecular flexibility index (Phi) is 9.09. The summed E-state index contributed by atoms with van der Waals surface area (Å²) >= 11 is 8.52. The van der Waals surface area contributed by atoms with Crippen LogP contribution in [-0.2, 0) is 9.59 Å². The molecule has 3 N–H and O–H groups in total. The number of carboxylic acid groups (broad SMARTS) is 1. The fourth-order valence-electron chi connectivity index (χ4n) is 4.35. The summed E-state index contributed by atoms with van der Waals surface area (Å²) in [5, 5.41) is 31.3. The molecule has 0 saturated heterocycles. The van der Waals surface area contributed by atoms with Crippen molar-refractivity contribution in [3.05, 3.63) is 31.4 Å². The van der Waals surface area contributed by atoms with E-state index >= 15 is 0 Å². The van der Waals surface area contributed by atoms with Gasteiger partial charge in [0.05, 0.1) is 19.6 Å². The second-order valence-electron chi connectivity index (χ2n) is 7.73. The van der Waals surface area contributed by atoms with Gasteiger partial charge >= 0.3 is 5.97 Å². The molecule has 1 aliphatic rings. The van der Waals surface area contributed by atoms with Gasteiger partial charge in [-0.05, 0) is 82.0 Å². The van der Waals surface area contributed by atoms with Gasteiger partial charge in [0.25, 0.3) is 0 Å². The van der Waals surface area contributed by atoms with E-state index in [0.29, 0.717) is 19.3 Å². The van der Waals surface area contributed by atoms with Crippen LogP contribution in [0.3, 0.4) is 0 Å². The van der Waals surface area contributed by atoms with Gasteiger partial charge in [0.1, 0.15) is 5.60 Å². The number of thiophene rings is 1. The lowest BCUT2D eigenvalue weighted by Gasteiger charge is -2.33. The highest BCUT2D eigenvalue weighted by molar-refractivity contribution is 9.12. The van der Waals surface area contributed by atoms with Gasteiger partial charge < -0.3 is 15.3 Å². The van der Waals surface area contributed by atoms with E-state index < -0.39 is 29.5 Å². The number of carbonyl (C=O) groups is 2. The number of allylic oxidation sites excluding steroid dienone is 2. The molecule has 0 radical (unpaired) electrons. The third-order valence-corrected chi connectivity index (χ3v) is 8.29. The average molecular weight is 552 g/mol. The van der Waals surface area contributed by atoms with Gasteiger partial charge in [-0.2, -0.15) is 0 Å². The number of aliphatic hydroxyl groups is 2. The van der Waals surface area contributed by atoms with Crippen LogP contribution >= 0.6 is 43.2 Å². The summed E-state index contributed by atoms with van der Waals surface area (Å²) < 4.78 is 1.89. The Morgan fingerprint density at radius 1 is 1.41 bits per heavy atom. The average Bonchev–Trinajstić information content (AvgIpc) is 3.14. The number of carboxylic acids is 1. The van der Waals surface area contributed by atoms with E-state index in [9.17, 15) is 24.9 Å². The first-order valence-corrected chi connectivity index (χ1v) is 12.3. The zero-order chi connectivity index (χ0) is 21.8. The zero-order valence-corrected chi connectivity index (χ0v) is 20.6. The van der Waals surface area contributed by atoms with Crippen molar-refractivity contribution < 1.29 is 24.9 Å². The molecule has 2 rings (SSSR count). The Morgan fingerprint density at radius 3 is 2.62 bits per heavy atom. The SMILES string of the molecule is CC=CCCC(C(=O)O)C1C[C@H](O)C[C@@]1(O)C(=O)C[C@H](CC)c1cc(Br)sc1Br. The topological polar surface area (TPSA) is 94.8 Å². The first-order chi connectivity index (χ1) is 13.6. The molecule has 1 aromatic rings. The van der Waals surface area contributed by atoms with Crippen LogP contribution in [0.4, 0.5) is 0 Å². The van der Waals surface area contributed by atoms with Gasteiger partial charge in [-0.1, -0.05) is 19.1 Å². The molecule has 5 nitrogen and oxygen atoms in total. The molecule has 0 bridgehead atoms. The molecule has 1 heterocycles. The predicted octanol–water partition coefficient (Wildman–Crippen LogP) is 5.29. The largest absolute Gasteiger partial charge is 0.481 e. The summed E-state index contributed by atoms with van der Waals surface area (Å²) in [7, 11) is 0. The molecule has 2 unspecified atom stereocenters. The number of carbonyl (C=O) groups excluding carboxylic acids is 1. The van der Waals surface area contributed by atoms with E-state index in [-0.39, 0.29) is 31.0 Å². The Hall–Kier alpha value is -0.540. The highest BCUT2D eigenvalue weighted by Gasteiger charge is 2.55. The minimum atomic E-state index is -1.81. The Labute approximate surface area is 192 Å². The van der Waals surface area contributed by atoms with E-state index in [4.69, 9.17) is 0 Å². The van der Waals surface area contributed by atoms with Crippen molar-refractivity contribution in [1.82, 2.24) is 0 Å². The van der Waals surface area contributed by atoms with Gasteiger partial charge in [0.15, 0.2) is 5.78 Å². The van der Waals surface area contributed by atoms with Gasteiger partial charge in [-0.3, -0.25) is 9.59 Å². The second kappa shape index (κ2) is 10.7. The van der Waals surface area contributed by atoms with Crippen molar-refractivity contribution in [1.29, 1.82) is 0 Å². The lowest BCUT2D eigenvalue weighted by atomic mass is 9.74. The van der Waals surface area contributed by atoms with Crippen LogP contribution < -0.4 is 0 Å². The van der Waals surface area contributed by atoms with E-state index in [2.05, 4.69) is 31.9 Å². The first-order valence-electron chi connectivity index (χ1n) is 9.86. The molecule has 5 atom stereocenters. The van der Waals surface area contributed by atoms with Crippen molar-refractivity contribution in [3.8, 4) is 0 Å². The zero-order valence-electron chi connectivity index (χ0n) is 16.6. The number of aliphatic hydroxyl groups excluding tert-OH is 1. The third-order valence-electron chi connectivity index (χ3n) is 5.90. The maximum absolute atomic E-state index is 13.2. The lowest BCUT2D eigenvalue weighted by Crippen LogP contribution is -2.47. The van der Waals surface area contributed by atoms with Crippen LogP contribution in [0.2, 0.25) is 0 Å². The Bertz CT molecular complexity index is 762. The van der Waals surface area contributed by atoms with Gasteiger partial charge in [0, 0.05) is 18.8 Å². The summed E-state index contributed by atoms with van der Waals surface area (Å²) in [4.78, 5) is 25.2. The summed E-state index contributed by atoms with van der Waals surface area (Å²) in [6, 6.07) is 1.97. The normalized spacial score (nSPS) is 26.7. The first kappa shape index (κ1) is 24.7. The molecule has 29 heavy (non-hydrogen) atoms. The second-order valence-corrected chi connectivity index (χ2v) is 11.5. The Balaban J connectivity index is 2.26. The number of hydrogen-bond acceptors (Lipinski definition) is 5. The number of Topliss-reactive ketones (excluding diaryl/α,β-unsaturated/α-hetero) is 1. The standard InChI is InChI=1S/C21H28Br2O5S/c1-3-5-6-7-14(20(26)27)16-9-13(24)11-21(16,28)17(25)8-12(4-2)15-10-18(22)29-19(15)23/h3,5,10,12-14,16,24,28H,4,6-9,11H2,1-2H3,(H,26,27)/t12-,13-,14?,16?,21-/m0/s1. The molecule has 1 saturated carbocycles. The number of aliphatic carboxylic acids is 1. The number of halogens is 2. The third kappa shape index (κ3) is 5.79. The molecular weight excluding hydrogens is 524 g/mol. The van der Waals surface area contributed by atoms with E-state index in [1.807, 2.05) is 32.1 Å². The lowest BCUT2D eigenvalue weighted by molar-refractivity contribution is -0.154. The molecule has 1 fully saturated rings. The van der Waals surface area contributed by atoms with Gasteiger partial charge in [-0.15, -0.1) is 11.3 Å². The van der Waals surface area contributed by atoms with Crippen molar-refractivity contribution in [3.63, 3.8) is 0 Å². The molecule has 0 aliphatic heterocycles. The smallest absolute Gasteiger partial charge is 0.306 e. The quantitative estimate of drug-likeness (QED) is 0.344. The van der Waals surface area contributed by atoms with E-state index in [1.54, 1.807) is 0 Å². The Morgan fingerprint density at radius 2 is 2.10 bits per heavy atom. The minimum Gasteiger partial charge on any atom is -0.481 e. The number of ketones is 1. The molecule has 0 amide bonds. The summed E-state index contributed by atoms with van der Waals surface area (Å²) in [5.74, 6) is -3.16. The van der Waals surface area contributed by atoms with Crippen molar-refractivity contribution in [2.24, 2.45) is 11.8 Å². The van der Waals surface area contributed by atoms with Crippen LogP contribution in [0.15, 0.2) is 25.8 Å². The maximum atomic E-state index is 13.2. The molecule has 0 aromatic carbocycles. The number of rotatable bonds is 10. The van der Waals surface area contributed by atoms with Crippen molar-refractivity contribution >= 4 is 54.9 Å². The van der Waals surface area contributed by atoms with Crippen molar-refractivity contribution in [2.75, 3.05) is 0 Å². The summed E-state index contributed by atoms with van der Waals surface area (Å²) in [6.45, 7) is 3.85. The monoisotopic (exact) mass is 550 g/mol. The highest BCUT2D eigenvalue weighted by atomic mass is 79.9. The predicted molar refractivity (Wildman–Crippen MR) is 121 cm³/mol.